The number of aromatic amines is 1. The maximum Gasteiger partial charge on any atom is 0.208 e. The molecule has 4 nitrogen and oxygen atoms in total. The first-order valence-corrected chi connectivity index (χ1v) is 6.25. The molecular weight excluding hydrogens is 256 g/mol. The molecule has 0 aliphatic rings. The highest BCUT2D eigenvalue weighted by Gasteiger charge is 2.05. The van der Waals surface area contributed by atoms with Gasteiger partial charge in [-0.05, 0) is 24.6 Å². The fraction of sp³-hybridized carbons (Fsp3) is 0.182. The van der Waals surface area contributed by atoms with Gasteiger partial charge < -0.3 is 0 Å². The highest BCUT2D eigenvalue weighted by molar-refractivity contribution is 7.98. The third-order valence-electron chi connectivity index (χ3n) is 2.12. The number of hydrogen-bond acceptors (Lipinski definition) is 4. The van der Waals surface area contributed by atoms with Crippen molar-refractivity contribution >= 4 is 23.4 Å². The first kappa shape index (κ1) is 12.0. The Morgan fingerprint density at radius 2 is 2.35 bits per heavy atom. The average molecular weight is 265 g/mol. The third-order valence-corrected chi connectivity index (χ3v) is 3.36. The van der Waals surface area contributed by atoms with Crippen molar-refractivity contribution in [3.8, 4) is 6.07 Å². The zero-order valence-electron chi connectivity index (χ0n) is 9.07. The number of thioether (sulfide) groups is 1. The molecule has 0 radical (unpaired) electrons. The Balaban J connectivity index is 2.07. The molecule has 2 rings (SSSR count). The van der Waals surface area contributed by atoms with Crippen molar-refractivity contribution in [1.29, 1.82) is 5.26 Å². The van der Waals surface area contributed by atoms with Gasteiger partial charge in [-0.2, -0.15) is 5.26 Å². The van der Waals surface area contributed by atoms with Crippen molar-refractivity contribution < 1.29 is 0 Å². The third kappa shape index (κ3) is 2.99. The van der Waals surface area contributed by atoms with Crippen molar-refractivity contribution in [3.05, 3.63) is 40.2 Å². The van der Waals surface area contributed by atoms with E-state index >= 15 is 0 Å². The lowest BCUT2D eigenvalue weighted by Gasteiger charge is -2.02. The normalized spacial score (nSPS) is 10.2. The van der Waals surface area contributed by atoms with Crippen LogP contribution in [0.25, 0.3) is 0 Å². The zero-order chi connectivity index (χ0) is 12.3. The summed E-state index contributed by atoms with van der Waals surface area (Å²) in [4.78, 5) is 4.19. The molecule has 1 N–H and O–H groups in total. The fourth-order valence-electron chi connectivity index (χ4n) is 1.26. The van der Waals surface area contributed by atoms with Crippen LogP contribution in [-0.4, -0.2) is 15.2 Å². The summed E-state index contributed by atoms with van der Waals surface area (Å²) in [5.41, 5.74) is 1.54. The molecule has 0 saturated heterocycles. The number of nitriles is 1. The van der Waals surface area contributed by atoms with Crippen LogP contribution in [0, 0.1) is 18.3 Å². The Kier molecular flexibility index (Phi) is 3.67. The van der Waals surface area contributed by atoms with Crippen LogP contribution in [-0.2, 0) is 5.75 Å². The highest BCUT2D eigenvalue weighted by atomic mass is 35.5. The average Bonchev–Trinajstić information content (AvgIpc) is 2.73. The molecule has 0 aliphatic carbocycles. The van der Waals surface area contributed by atoms with E-state index in [4.69, 9.17) is 16.9 Å². The molecule has 2 aromatic rings. The first-order valence-electron chi connectivity index (χ1n) is 4.89. The maximum atomic E-state index is 8.73. The second kappa shape index (κ2) is 5.21. The van der Waals surface area contributed by atoms with E-state index in [9.17, 15) is 0 Å². The summed E-state index contributed by atoms with van der Waals surface area (Å²) in [5.74, 6) is 1.47. The van der Waals surface area contributed by atoms with E-state index in [0.29, 0.717) is 21.5 Å². The molecule has 0 saturated carbocycles. The monoisotopic (exact) mass is 264 g/mol. The SMILES string of the molecule is Cc1nc(SCc2ccc(C#N)cc2Cl)n[nH]1. The van der Waals surface area contributed by atoms with Gasteiger partial charge in [0.05, 0.1) is 11.6 Å². The number of aryl methyl sites for hydroxylation is 1. The largest absolute Gasteiger partial charge is 0.262 e. The van der Waals surface area contributed by atoms with Crippen LogP contribution < -0.4 is 0 Å². The molecule has 0 aliphatic heterocycles. The quantitative estimate of drug-likeness (QED) is 0.866. The summed E-state index contributed by atoms with van der Waals surface area (Å²) in [7, 11) is 0. The molecule has 0 bridgehead atoms. The fourth-order valence-corrected chi connectivity index (χ4v) is 2.44. The Morgan fingerprint density at radius 3 is 2.94 bits per heavy atom. The van der Waals surface area contributed by atoms with Crippen LogP contribution in [0.2, 0.25) is 5.02 Å². The topological polar surface area (TPSA) is 65.4 Å². The maximum absolute atomic E-state index is 8.73. The van der Waals surface area contributed by atoms with Crippen LogP contribution in [0.3, 0.4) is 0 Å². The van der Waals surface area contributed by atoms with E-state index in [1.165, 1.54) is 11.8 Å². The molecular formula is C11H9ClN4S. The number of nitrogens with one attached hydrogen (secondary N) is 1. The van der Waals surface area contributed by atoms with Crippen LogP contribution >= 0.6 is 23.4 Å². The number of H-pyrrole nitrogens is 1. The van der Waals surface area contributed by atoms with Crippen molar-refractivity contribution in [2.24, 2.45) is 0 Å². The molecule has 17 heavy (non-hydrogen) atoms. The predicted molar refractivity (Wildman–Crippen MR) is 66.8 cm³/mol. The van der Waals surface area contributed by atoms with E-state index in [-0.39, 0.29) is 0 Å². The molecule has 0 amide bonds. The number of rotatable bonds is 3. The summed E-state index contributed by atoms with van der Waals surface area (Å²) in [6.07, 6.45) is 0. The summed E-state index contributed by atoms with van der Waals surface area (Å²) in [5, 5.41) is 16.8. The van der Waals surface area contributed by atoms with Gasteiger partial charge >= 0.3 is 0 Å². The molecule has 0 fully saturated rings. The standard InChI is InChI=1S/C11H9ClN4S/c1-7-14-11(16-15-7)17-6-9-3-2-8(5-13)4-10(9)12/h2-4H,6H2,1H3,(H,14,15,16). The summed E-state index contributed by atoms with van der Waals surface area (Å²) >= 11 is 7.57. The minimum Gasteiger partial charge on any atom is -0.262 e. The first-order chi connectivity index (χ1) is 8.19. The lowest BCUT2D eigenvalue weighted by Crippen LogP contribution is -1.85. The zero-order valence-corrected chi connectivity index (χ0v) is 10.6. The number of hydrogen-bond donors (Lipinski definition) is 1. The molecule has 0 spiro atoms. The molecule has 1 aromatic heterocycles. The van der Waals surface area contributed by atoms with Crippen molar-refractivity contribution in [2.75, 3.05) is 0 Å². The van der Waals surface area contributed by atoms with Crippen LogP contribution in [0.1, 0.15) is 17.0 Å². The summed E-state index contributed by atoms with van der Waals surface area (Å²) in [6, 6.07) is 7.33. The second-order valence-corrected chi connectivity index (χ2v) is 4.76. The molecule has 0 unspecified atom stereocenters. The van der Waals surface area contributed by atoms with Gasteiger partial charge in [-0.25, -0.2) is 4.98 Å². The van der Waals surface area contributed by atoms with Crippen molar-refractivity contribution in [3.63, 3.8) is 0 Å². The lowest BCUT2D eigenvalue weighted by molar-refractivity contribution is 0.969. The van der Waals surface area contributed by atoms with Gasteiger partial charge in [0.2, 0.25) is 5.16 Å². The minimum absolute atomic E-state index is 0.567. The molecule has 1 heterocycles. The van der Waals surface area contributed by atoms with E-state index in [2.05, 4.69) is 21.3 Å². The minimum atomic E-state index is 0.567. The van der Waals surface area contributed by atoms with E-state index in [1.807, 2.05) is 13.0 Å². The van der Waals surface area contributed by atoms with Gasteiger partial charge in [-0.1, -0.05) is 29.4 Å². The van der Waals surface area contributed by atoms with Gasteiger partial charge in [-0.3, -0.25) is 5.10 Å². The second-order valence-electron chi connectivity index (χ2n) is 3.41. The molecule has 6 heteroatoms. The van der Waals surface area contributed by atoms with Gasteiger partial charge in [0.25, 0.3) is 0 Å². The smallest absolute Gasteiger partial charge is 0.208 e. The molecule has 86 valence electrons. The molecule has 1 aromatic carbocycles. The lowest BCUT2D eigenvalue weighted by atomic mass is 10.2. The van der Waals surface area contributed by atoms with E-state index in [1.54, 1.807) is 12.1 Å². The van der Waals surface area contributed by atoms with Crippen LogP contribution in [0.4, 0.5) is 0 Å². The van der Waals surface area contributed by atoms with E-state index in [0.717, 1.165) is 11.4 Å². The number of halogens is 1. The van der Waals surface area contributed by atoms with Crippen LogP contribution in [0.5, 0.6) is 0 Å². The predicted octanol–water partition coefficient (Wildman–Crippen LogP) is 2.93. The summed E-state index contributed by atoms with van der Waals surface area (Å²) in [6.45, 7) is 1.85. The van der Waals surface area contributed by atoms with E-state index < -0.39 is 0 Å². The molecule has 0 atom stereocenters. The summed E-state index contributed by atoms with van der Waals surface area (Å²) < 4.78 is 0. The van der Waals surface area contributed by atoms with Crippen molar-refractivity contribution in [2.45, 2.75) is 17.8 Å². The van der Waals surface area contributed by atoms with Crippen LogP contribution in [0.15, 0.2) is 23.4 Å². The Hall–Kier alpha value is -1.51. The van der Waals surface area contributed by atoms with Crippen molar-refractivity contribution in [1.82, 2.24) is 15.2 Å². The van der Waals surface area contributed by atoms with Gasteiger partial charge in [0.1, 0.15) is 5.82 Å². The Morgan fingerprint density at radius 1 is 1.53 bits per heavy atom. The number of benzene rings is 1. The van der Waals surface area contributed by atoms with Gasteiger partial charge in [-0.15, -0.1) is 5.10 Å². The van der Waals surface area contributed by atoms with Gasteiger partial charge in [0, 0.05) is 10.8 Å². The number of nitrogens with zero attached hydrogens (tertiary/aromatic N) is 3. The number of aromatic nitrogens is 3. The Bertz CT molecular complexity index is 573. The highest BCUT2D eigenvalue weighted by Crippen LogP contribution is 2.25. The Labute approximate surface area is 108 Å². The van der Waals surface area contributed by atoms with Gasteiger partial charge in [0.15, 0.2) is 0 Å².